The van der Waals surface area contributed by atoms with E-state index in [-0.39, 0.29) is 11.8 Å². The van der Waals surface area contributed by atoms with Crippen molar-refractivity contribution in [1.82, 2.24) is 20.4 Å². The van der Waals surface area contributed by atoms with Crippen LogP contribution in [0.2, 0.25) is 0 Å². The van der Waals surface area contributed by atoms with Crippen LogP contribution in [-0.4, -0.2) is 75.5 Å². The highest BCUT2D eigenvalue weighted by Gasteiger charge is 2.04. The van der Waals surface area contributed by atoms with Gasteiger partial charge >= 0.3 is 0 Å². The molecule has 0 radical (unpaired) electrons. The number of carbonyl (C=O) groups excluding carboxylic acids is 2. The van der Waals surface area contributed by atoms with Gasteiger partial charge in [-0.15, -0.1) is 0 Å². The third-order valence-corrected chi connectivity index (χ3v) is 2.47. The molecule has 0 aliphatic rings. The zero-order chi connectivity index (χ0) is 14.0. The molecule has 2 amide bonds. The van der Waals surface area contributed by atoms with Gasteiger partial charge in [-0.2, -0.15) is 0 Å². The molecule has 0 saturated carbocycles. The third kappa shape index (κ3) is 11.3. The maximum absolute atomic E-state index is 11.5. The number of hydrogen-bond donors (Lipinski definition) is 2. The number of nitrogens with zero attached hydrogens (tertiary/aromatic N) is 2. The standard InChI is InChI=1S/C12H26N4O2/c1-11(17)13-7-10-16(4)8-5-12(18)14-6-9-15(2)3/h5-10H2,1-4H3,(H,13,17)(H,14,18). The van der Waals surface area contributed by atoms with Crippen molar-refractivity contribution in [2.45, 2.75) is 13.3 Å². The fourth-order valence-corrected chi connectivity index (χ4v) is 1.33. The number of hydrogen-bond acceptors (Lipinski definition) is 4. The van der Waals surface area contributed by atoms with Gasteiger partial charge in [0.25, 0.3) is 0 Å². The van der Waals surface area contributed by atoms with E-state index in [0.717, 1.165) is 13.1 Å². The lowest BCUT2D eigenvalue weighted by Crippen LogP contribution is -2.36. The smallest absolute Gasteiger partial charge is 0.221 e. The van der Waals surface area contributed by atoms with Gasteiger partial charge in [0.2, 0.25) is 11.8 Å². The summed E-state index contributed by atoms with van der Waals surface area (Å²) in [5.41, 5.74) is 0. The lowest BCUT2D eigenvalue weighted by Gasteiger charge is -2.16. The van der Waals surface area contributed by atoms with Crippen molar-refractivity contribution >= 4 is 11.8 Å². The fourth-order valence-electron chi connectivity index (χ4n) is 1.33. The van der Waals surface area contributed by atoms with E-state index in [9.17, 15) is 9.59 Å². The molecule has 2 N–H and O–H groups in total. The summed E-state index contributed by atoms with van der Waals surface area (Å²) >= 11 is 0. The van der Waals surface area contributed by atoms with Crippen molar-refractivity contribution < 1.29 is 9.59 Å². The van der Waals surface area contributed by atoms with Crippen LogP contribution >= 0.6 is 0 Å². The minimum atomic E-state index is -0.0233. The van der Waals surface area contributed by atoms with Crippen LogP contribution in [0.5, 0.6) is 0 Å². The van der Waals surface area contributed by atoms with Crippen molar-refractivity contribution in [1.29, 1.82) is 0 Å². The first-order valence-electron chi connectivity index (χ1n) is 6.26. The summed E-state index contributed by atoms with van der Waals surface area (Å²) in [6, 6.07) is 0. The highest BCUT2D eigenvalue weighted by atomic mass is 16.2. The van der Waals surface area contributed by atoms with Gasteiger partial charge in [0.05, 0.1) is 0 Å². The molecule has 0 atom stereocenters. The van der Waals surface area contributed by atoms with Crippen LogP contribution in [0.1, 0.15) is 13.3 Å². The summed E-state index contributed by atoms with van der Waals surface area (Å²) in [5.74, 6) is 0.0491. The molecular formula is C12H26N4O2. The number of nitrogens with one attached hydrogen (secondary N) is 2. The van der Waals surface area contributed by atoms with E-state index in [1.807, 2.05) is 30.9 Å². The third-order valence-electron chi connectivity index (χ3n) is 2.47. The Morgan fingerprint density at radius 1 is 0.944 bits per heavy atom. The van der Waals surface area contributed by atoms with Crippen molar-refractivity contribution in [3.05, 3.63) is 0 Å². The largest absolute Gasteiger partial charge is 0.355 e. The van der Waals surface area contributed by atoms with Crippen LogP contribution in [-0.2, 0) is 9.59 Å². The Kier molecular flexibility index (Phi) is 9.22. The van der Waals surface area contributed by atoms with Crippen LogP contribution in [0.15, 0.2) is 0 Å². The molecule has 106 valence electrons. The summed E-state index contributed by atoms with van der Waals surface area (Å²) in [5, 5.41) is 5.59. The van der Waals surface area contributed by atoms with Crippen molar-refractivity contribution in [2.75, 3.05) is 53.9 Å². The average Bonchev–Trinajstić information content (AvgIpc) is 2.25. The molecule has 0 unspecified atom stereocenters. The molecule has 0 rings (SSSR count). The summed E-state index contributed by atoms with van der Waals surface area (Å²) in [4.78, 5) is 26.2. The van der Waals surface area contributed by atoms with Gasteiger partial charge in [0, 0.05) is 46.1 Å². The first-order chi connectivity index (χ1) is 8.41. The van der Waals surface area contributed by atoms with Crippen molar-refractivity contribution in [2.24, 2.45) is 0 Å². The SMILES string of the molecule is CC(=O)NCCN(C)CCC(=O)NCCN(C)C. The monoisotopic (exact) mass is 258 g/mol. The number of carbonyl (C=O) groups is 2. The molecule has 6 heteroatoms. The number of likely N-dealkylation sites (N-methyl/N-ethyl adjacent to an activating group) is 2. The van der Waals surface area contributed by atoms with Gasteiger partial charge in [0.1, 0.15) is 0 Å². The quantitative estimate of drug-likeness (QED) is 0.564. The summed E-state index contributed by atoms with van der Waals surface area (Å²) < 4.78 is 0. The fraction of sp³-hybridized carbons (Fsp3) is 0.833. The first-order valence-corrected chi connectivity index (χ1v) is 6.26. The van der Waals surface area contributed by atoms with Crippen LogP contribution < -0.4 is 10.6 Å². The first kappa shape index (κ1) is 16.9. The van der Waals surface area contributed by atoms with Crippen LogP contribution in [0, 0.1) is 0 Å². The Morgan fingerprint density at radius 2 is 1.56 bits per heavy atom. The minimum absolute atomic E-state index is 0.0233. The van der Waals surface area contributed by atoms with Gasteiger partial charge in [0.15, 0.2) is 0 Å². The van der Waals surface area contributed by atoms with E-state index in [4.69, 9.17) is 0 Å². The molecule has 0 aromatic heterocycles. The van der Waals surface area contributed by atoms with Gasteiger partial charge in [-0.25, -0.2) is 0 Å². The Hall–Kier alpha value is -1.14. The number of rotatable bonds is 9. The molecule has 0 spiro atoms. The molecule has 0 aromatic rings. The molecule has 0 heterocycles. The van der Waals surface area contributed by atoms with E-state index in [1.54, 1.807) is 0 Å². The average molecular weight is 258 g/mol. The van der Waals surface area contributed by atoms with Crippen LogP contribution in [0.4, 0.5) is 0 Å². The van der Waals surface area contributed by atoms with E-state index in [2.05, 4.69) is 10.6 Å². The van der Waals surface area contributed by atoms with Crippen LogP contribution in [0.25, 0.3) is 0 Å². The molecular weight excluding hydrogens is 232 g/mol. The molecule has 0 fully saturated rings. The Morgan fingerprint density at radius 3 is 2.11 bits per heavy atom. The normalized spacial score (nSPS) is 10.8. The topological polar surface area (TPSA) is 64.7 Å². The van der Waals surface area contributed by atoms with Gasteiger partial charge in [-0.3, -0.25) is 9.59 Å². The number of amides is 2. The molecule has 0 bridgehead atoms. The lowest BCUT2D eigenvalue weighted by molar-refractivity contribution is -0.121. The maximum Gasteiger partial charge on any atom is 0.221 e. The summed E-state index contributed by atoms with van der Waals surface area (Å²) in [7, 11) is 5.89. The summed E-state index contributed by atoms with van der Waals surface area (Å²) in [6.07, 6.45) is 0.490. The van der Waals surface area contributed by atoms with Gasteiger partial charge < -0.3 is 20.4 Å². The van der Waals surface area contributed by atoms with Gasteiger partial charge in [-0.1, -0.05) is 0 Å². The van der Waals surface area contributed by atoms with E-state index in [0.29, 0.717) is 26.1 Å². The van der Waals surface area contributed by atoms with Crippen molar-refractivity contribution in [3.63, 3.8) is 0 Å². The Bertz CT molecular complexity index is 256. The minimum Gasteiger partial charge on any atom is -0.355 e. The molecule has 0 aliphatic heterocycles. The Balaban J connectivity index is 3.50. The van der Waals surface area contributed by atoms with Crippen LogP contribution in [0.3, 0.4) is 0 Å². The summed E-state index contributed by atoms with van der Waals surface area (Å²) in [6.45, 7) is 5.11. The lowest BCUT2D eigenvalue weighted by atomic mass is 10.3. The highest BCUT2D eigenvalue weighted by Crippen LogP contribution is 1.87. The molecule has 6 nitrogen and oxygen atoms in total. The predicted molar refractivity (Wildman–Crippen MR) is 72.4 cm³/mol. The second kappa shape index (κ2) is 9.85. The van der Waals surface area contributed by atoms with Crippen molar-refractivity contribution in [3.8, 4) is 0 Å². The highest BCUT2D eigenvalue weighted by molar-refractivity contribution is 5.76. The van der Waals surface area contributed by atoms with Gasteiger partial charge in [-0.05, 0) is 21.1 Å². The molecule has 0 aliphatic carbocycles. The van der Waals surface area contributed by atoms with E-state index in [1.165, 1.54) is 6.92 Å². The predicted octanol–water partition coefficient (Wildman–Crippen LogP) is -0.878. The zero-order valence-corrected chi connectivity index (χ0v) is 12.0. The maximum atomic E-state index is 11.5. The molecule has 0 aromatic carbocycles. The van der Waals surface area contributed by atoms with E-state index < -0.39 is 0 Å². The second-order valence-electron chi connectivity index (χ2n) is 4.69. The molecule has 0 saturated heterocycles. The van der Waals surface area contributed by atoms with E-state index >= 15 is 0 Å². The Labute approximate surface area is 110 Å². The second-order valence-corrected chi connectivity index (χ2v) is 4.69. The molecule has 18 heavy (non-hydrogen) atoms. The zero-order valence-electron chi connectivity index (χ0n) is 12.0.